The predicted octanol–water partition coefficient (Wildman–Crippen LogP) is 6.88. The fourth-order valence-corrected chi connectivity index (χ4v) is 3.95. The van der Waals surface area contributed by atoms with E-state index in [0.29, 0.717) is 17.5 Å². The third-order valence-electron chi connectivity index (χ3n) is 5.77. The van der Waals surface area contributed by atoms with Gasteiger partial charge in [0.2, 0.25) is 5.69 Å². The van der Waals surface area contributed by atoms with Gasteiger partial charge >= 0.3 is 0 Å². The number of benzene rings is 3. The average molecular weight is 386 g/mol. The van der Waals surface area contributed by atoms with Gasteiger partial charge in [-0.2, -0.15) is 4.57 Å². The van der Waals surface area contributed by atoms with E-state index in [0.717, 1.165) is 38.9 Å². The normalized spacial score (nSPS) is 11.9. The number of hydrogen-bond acceptors (Lipinski definition) is 0. The summed E-state index contributed by atoms with van der Waals surface area (Å²) in [5, 5.41) is 1.96. The minimum atomic E-state index is -0.217. The first-order valence-corrected chi connectivity index (χ1v) is 10.1. The fourth-order valence-electron chi connectivity index (χ4n) is 3.95. The number of hydrogen-bond donors (Lipinski definition) is 0. The Hall–Kier alpha value is -3.00. The van der Waals surface area contributed by atoms with Crippen LogP contribution in [0, 0.1) is 19.7 Å². The van der Waals surface area contributed by atoms with E-state index in [9.17, 15) is 4.39 Å². The fraction of sp³-hybridized carbons (Fsp3) is 0.222. The number of halogens is 1. The van der Waals surface area contributed by atoms with Crippen LogP contribution in [0.1, 0.15) is 38.0 Å². The SMILES string of the molecule is [2H]c1c(C)[n+](C)c(-c2cc(-c3ccccc3)c(F)cc2C)c2ccc(C(C)C)cc12. The summed E-state index contributed by atoms with van der Waals surface area (Å²) in [6.07, 6.45) is 0. The second-order valence-electron chi connectivity index (χ2n) is 8.09. The molecule has 29 heavy (non-hydrogen) atoms. The molecular weight excluding hydrogens is 357 g/mol. The molecule has 4 aromatic rings. The van der Waals surface area contributed by atoms with Crippen molar-refractivity contribution in [2.75, 3.05) is 0 Å². The first-order chi connectivity index (χ1) is 14.3. The summed E-state index contributed by atoms with van der Waals surface area (Å²) < 4.78 is 25.7. The predicted molar refractivity (Wildman–Crippen MR) is 120 cm³/mol. The van der Waals surface area contributed by atoms with Gasteiger partial charge in [-0.25, -0.2) is 4.39 Å². The molecular formula is C27H27FN+. The van der Waals surface area contributed by atoms with Crippen molar-refractivity contribution >= 4 is 10.8 Å². The zero-order chi connectivity index (χ0) is 21.6. The molecule has 0 aliphatic carbocycles. The molecule has 2 heteroatoms. The molecule has 1 heterocycles. The Morgan fingerprint density at radius 2 is 1.66 bits per heavy atom. The Bertz CT molecular complexity index is 1260. The van der Waals surface area contributed by atoms with Crippen molar-refractivity contribution in [3.63, 3.8) is 0 Å². The lowest BCUT2D eigenvalue weighted by Crippen LogP contribution is -2.35. The van der Waals surface area contributed by atoms with Crippen molar-refractivity contribution in [2.24, 2.45) is 7.05 Å². The molecule has 146 valence electrons. The largest absolute Gasteiger partial charge is 0.220 e. The zero-order valence-corrected chi connectivity index (χ0v) is 17.7. The topological polar surface area (TPSA) is 3.88 Å². The van der Waals surface area contributed by atoms with Crippen molar-refractivity contribution in [3.8, 4) is 22.4 Å². The van der Waals surface area contributed by atoms with Crippen molar-refractivity contribution < 1.29 is 10.3 Å². The summed E-state index contributed by atoms with van der Waals surface area (Å²) >= 11 is 0. The quantitative estimate of drug-likeness (QED) is 0.339. The number of rotatable bonds is 3. The van der Waals surface area contributed by atoms with Crippen molar-refractivity contribution in [1.29, 1.82) is 0 Å². The first kappa shape index (κ1) is 18.1. The number of aromatic nitrogens is 1. The highest BCUT2D eigenvalue weighted by Crippen LogP contribution is 2.34. The lowest BCUT2D eigenvalue weighted by atomic mass is 9.92. The summed E-state index contributed by atoms with van der Waals surface area (Å²) in [6, 6.07) is 20.2. The van der Waals surface area contributed by atoms with E-state index in [1.54, 1.807) is 6.07 Å². The molecule has 0 aliphatic heterocycles. The van der Waals surface area contributed by atoms with Crippen LogP contribution >= 0.6 is 0 Å². The van der Waals surface area contributed by atoms with Gasteiger partial charge in [0.05, 0.1) is 12.3 Å². The summed E-state index contributed by atoms with van der Waals surface area (Å²) in [4.78, 5) is 0. The van der Waals surface area contributed by atoms with Crippen LogP contribution in [0.4, 0.5) is 4.39 Å². The first-order valence-electron chi connectivity index (χ1n) is 10.6. The van der Waals surface area contributed by atoms with E-state index in [4.69, 9.17) is 1.37 Å². The zero-order valence-electron chi connectivity index (χ0n) is 18.7. The molecule has 0 fully saturated rings. The van der Waals surface area contributed by atoms with Gasteiger partial charge < -0.3 is 0 Å². The summed E-state index contributed by atoms with van der Waals surface area (Å²) in [5.74, 6) is 0.175. The molecule has 0 aliphatic rings. The molecule has 0 radical (unpaired) electrons. The van der Waals surface area contributed by atoms with Crippen molar-refractivity contribution in [2.45, 2.75) is 33.6 Å². The molecule has 1 aromatic heterocycles. The molecule has 0 spiro atoms. The smallest absolute Gasteiger partial charge is 0.206 e. The van der Waals surface area contributed by atoms with Crippen LogP contribution in [0.2, 0.25) is 0 Å². The van der Waals surface area contributed by atoms with Crippen LogP contribution in [-0.4, -0.2) is 0 Å². The van der Waals surface area contributed by atoms with Gasteiger partial charge in [-0.15, -0.1) is 0 Å². The Balaban J connectivity index is 2.07. The second-order valence-corrected chi connectivity index (χ2v) is 8.09. The Kier molecular flexibility index (Phi) is 4.63. The Labute approximate surface area is 173 Å². The Morgan fingerprint density at radius 3 is 2.34 bits per heavy atom. The van der Waals surface area contributed by atoms with Crippen molar-refractivity contribution in [1.82, 2.24) is 0 Å². The lowest BCUT2D eigenvalue weighted by molar-refractivity contribution is -0.665. The Morgan fingerprint density at radius 1 is 0.931 bits per heavy atom. The third kappa shape index (κ3) is 3.44. The van der Waals surface area contributed by atoms with Gasteiger partial charge in [-0.3, -0.25) is 0 Å². The number of fused-ring (bicyclic) bond motifs is 1. The molecule has 0 bridgehead atoms. The highest BCUT2D eigenvalue weighted by molar-refractivity contribution is 5.95. The van der Waals surface area contributed by atoms with Gasteiger partial charge in [0, 0.05) is 18.5 Å². The molecule has 0 N–H and O–H groups in total. The maximum atomic E-state index is 14.9. The second kappa shape index (κ2) is 7.44. The molecule has 1 nitrogen and oxygen atoms in total. The van der Waals surface area contributed by atoms with E-state index in [1.807, 2.05) is 57.3 Å². The van der Waals surface area contributed by atoms with Crippen LogP contribution in [0.15, 0.2) is 66.7 Å². The number of aryl methyl sites for hydroxylation is 1. The van der Waals surface area contributed by atoms with Gasteiger partial charge in [-0.05, 0) is 53.1 Å². The van der Waals surface area contributed by atoms with E-state index in [2.05, 4.69) is 36.6 Å². The highest BCUT2D eigenvalue weighted by atomic mass is 19.1. The number of pyridine rings is 1. The summed E-state index contributed by atoms with van der Waals surface area (Å²) in [6.45, 7) is 8.26. The maximum Gasteiger partial charge on any atom is 0.220 e. The molecule has 0 unspecified atom stereocenters. The standard InChI is InChI=1S/C27H27FN/c1-17(2)21-11-12-23-22(15-21)14-19(4)29(5)27(23)24-16-25(26(28)13-18(24)3)20-9-7-6-8-10-20/h6-17H,1-5H3/q+1/i14D. The molecule has 0 saturated carbocycles. The van der Waals surface area contributed by atoms with Crippen LogP contribution < -0.4 is 4.57 Å². The van der Waals surface area contributed by atoms with E-state index in [-0.39, 0.29) is 5.82 Å². The van der Waals surface area contributed by atoms with Crippen LogP contribution in [-0.2, 0) is 7.05 Å². The van der Waals surface area contributed by atoms with E-state index < -0.39 is 0 Å². The monoisotopic (exact) mass is 385 g/mol. The molecule has 3 aromatic carbocycles. The van der Waals surface area contributed by atoms with E-state index in [1.165, 1.54) is 5.56 Å². The van der Waals surface area contributed by atoms with Gasteiger partial charge in [0.15, 0.2) is 5.69 Å². The van der Waals surface area contributed by atoms with Gasteiger partial charge in [0.25, 0.3) is 0 Å². The molecule has 4 rings (SSSR count). The van der Waals surface area contributed by atoms with Gasteiger partial charge in [-0.1, -0.05) is 56.3 Å². The van der Waals surface area contributed by atoms with Crippen LogP contribution in [0.25, 0.3) is 33.2 Å². The van der Waals surface area contributed by atoms with Crippen LogP contribution in [0.3, 0.4) is 0 Å². The van der Waals surface area contributed by atoms with Crippen LogP contribution in [0.5, 0.6) is 0 Å². The third-order valence-corrected chi connectivity index (χ3v) is 5.77. The minimum absolute atomic E-state index is 0.217. The lowest BCUT2D eigenvalue weighted by Gasteiger charge is -2.14. The number of nitrogens with zero attached hydrogens (tertiary/aromatic N) is 1. The minimum Gasteiger partial charge on any atom is -0.206 e. The molecule has 0 saturated heterocycles. The van der Waals surface area contributed by atoms with E-state index >= 15 is 0 Å². The average Bonchev–Trinajstić information content (AvgIpc) is 2.74. The highest BCUT2D eigenvalue weighted by Gasteiger charge is 2.22. The summed E-state index contributed by atoms with van der Waals surface area (Å²) in [7, 11) is 1.99. The summed E-state index contributed by atoms with van der Waals surface area (Å²) in [5.41, 5.74) is 6.45. The molecule has 0 amide bonds. The van der Waals surface area contributed by atoms with Gasteiger partial charge in [0.1, 0.15) is 12.9 Å². The van der Waals surface area contributed by atoms with Crippen molar-refractivity contribution in [3.05, 3.63) is 89.3 Å². The maximum absolute atomic E-state index is 14.9. The molecule has 0 atom stereocenters.